The first-order chi connectivity index (χ1) is 11.8. The normalized spacial score (nSPS) is 23.8. The molecule has 0 saturated carbocycles. The Hall–Kier alpha value is -2.25. The van der Waals surface area contributed by atoms with Crippen LogP contribution in [0.2, 0.25) is 5.02 Å². The summed E-state index contributed by atoms with van der Waals surface area (Å²) in [6, 6.07) is 26.3. The fourth-order valence-electron chi connectivity index (χ4n) is 4.51. The molecule has 118 valence electrons. The molecule has 0 saturated heterocycles. The predicted molar refractivity (Wildman–Crippen MR) is 99.7 cm³/mol. The van der Waals surface area contributed by atoms with E-state index in [9.17, 15) is 0 Å². The molecule has 1 heterocycles. The van der Waals surface area contributed by atoms with Crippen LogP contribution >= 0.6 is 11.6 Å². The Morgan fingerprint density at radius 3 is 2.33 bits per heavy atom. The molecule has 0 amide bonds. The van der Waals surface area contributed by atoms with Crippen molar-refractivity contribution in [3.63, 3.8) is 0 Å². The minimum absolute atomic E-state index is 0.314. The Labute approximate surface area is 147 Å². The molecule has 1 aliphatic carbocycles. The minimum atomic E-state index is 0.314. The Kier molecular flexibility index (Phi) is 3.17. The van der Waals surface area contributed by atoms with Crippen LogP contribution in [0.5, 0.6) is 0 Å². The molecule has 3 aromatic carbocycles. The van der Waals surface area contributed by atoms with E-state index in [-0.39, 0.29) is 0 Å². The Morgan fingerprint density at radius 1 is 0.792 bits per heavy atom. The number of fused-ring (bicyclic) bond motifs is 5. The molecule has 5 rings (SSSR count). The molecule has 0 spiro atoms. The number of benzene rings is 3. The highest BCUT2D eigenvalue weighted by Gasteiger charge is 2.42. The highest BCUT2D eigenvalue weighted by Crippen LogP contribution is 2.53. The van der Waals surface area contributed by atoms with E-state index < -0.39 is 0 Å². The monoisotopic (exact) mass is 331 g/mol. The Bertz CT molecular complexity index is 900. The van der Waals surface area contributed by atoms with Gasteiger partial charge in [0.1, 0.15) is 0 Å². The van der Waals surface area contributed by atoms with Crippen LogP contribution < -0.4 is 5.32 Å². The average molecular weight is 332 g/mol. The second-order valence-corrected chi connectivity index (χ2v) is 7.24. The van der Waals surface area contributed by atoms with E-state index in [0.717, 1.165) is 11.4 Å². The SMILES string of the molecule is Clc1ccc([C@@H]2Nc3ccccc3[C@@H]3c4ccccc4C[C@@H]32)cc1. The van der Waals surface area contributed by atoms with Crippen molar-refractivity contribution in [3.05, 3.63) is 100 Å². The van der Waals surface area contributed by atoms with E-state index in [2.05, 4.69) is 66.0 Å². The van der Waals surface area contributed by atoms with Crippen LogP contribution in [0.15, 0.2) is 72.8 Å². The molecule has 0 aromatic heterocycles. The third kappa shape index (κ3) is 2.08. The number of anilines is 1. The topological polar surface area (TPSA) is 12.0 Å². The van der Waals surface area contributed by atoms with Gasteiger partial charge in [0.2, 0.25) is 0 Å². The molecule has 3 aromatic rings. The highest BCUT2D eigenvalue weighted by molar-refractivity contribution is 6.30. The maximum absolute atomic E-state index is 6.10. The van der Waals surface area contributed by atoms with Gasteiger partial charge in [-0.2, -0.15) is 0 Å². The highest BCUT2D eigenvalue weighted by atomic mass is 35.5. The van der Waals surface area contributed by atoms with Gasteiger partial charge in [0.15, 0.2) is 0 Å². The second kappa shape index (κ2) is 5.39. The third-order valence-electron chi connectivity index (χ3n) is 5.54. The Morgan fingerprint density at radius 2 is 1.50 bits per heavy atom. The van der Waals surface area contributed by atoms with Crippen LogP contribution in [0.1, 0.15) is 34.2 Å². The molecule has 2 aliphatic rings. The summed E-state index contributed by atoms with van der Waals surface area (Å²) < 4.78 is 0. The molecule has 2 heteroatoms. The van der Waals surface area contributed by atoms with E-state index in [1.165, 1.54) is 27.9 Å². The van der Waals surface area contributed by atoms with Gasteiger partial charge in [-0.15, -0.1) is 0 Å². The molecule has 1 aliphatic heterocycles. The van der Waals surface area contributed by atoms with Crippen molar-refractivity contribution in [3.8, 4) is 0 Å². The van der Waals surface area contributed by atoms with E-state index in [0.29, 0.717) is 17.9 Å². The number of nitrogens with one attached hydrogen (secondary N) is 1. The zero-order chi connectivity index (χ0) is 16.1. The van der Waals surface area contributed by atoms with Crippen LogP contribution in [0.3, 0.4) is 0 Å². The van der Waals surface area contributed by atoms with Crippen molar-refractivity contribution >= 4 is 17.3 Å². The number of rotatable bonds is 1. The molecular weight excluding hydrogens is 314 g/mol. The maximum atomic E-state index is 6.10. The number of hydrogen-bond donors (Lipinski definition) is 1. The van der Waals surface area contributed by atoms with Crippen LogP contribution in [-0.2, 0) is 6.42 Å². The lowest BCUT2D eigenvalue weighted by atomic mass is 9.75. The lowest BCUT2D eigenvalue weighted by molar-refractivity contribution is 0.421. The smallest absolute Gasteiger partial charge is 0.0554 e. The van der Waals surface area contributed by atoms with Gasteiger partial charge >= 0.3 is 0 Å². The summed E-state index contributed by atoms with van der Waals surface area (Å²) >= 11 is 6.10. The molecule has 3 atom stereocenters. The van der Waals surface area contributed by atoms with E-state index >= 15 is 0 Å². The van der Waals surface area contributed by atoms with Gasteiger partial charge in [-0.05, 0) is 52.8 Å². The van der Waals surface area contributed by atoms with Crippen LogP contribution in [-0.4, -0.2) is 0 Å². The number of halogens is 1. The van der Waals surface area contributed by atoms with Gasteiger partial charge in [0.25, 0.3) is 0 Å². The molecule has 1 N–H and O–H groups in total. The number of para-hydroxylation sites is 1. The van der Waals surface area contributed by atoms with Crippen molar-refractivity contribution in [1.82, 2.24) is 0 Å². The van der Waals surface area contributed by atoms with Crippen molar-refractivity contribution in [1.29, 1.82) is 0 Å². The fourth-order valence-corrected chi connectivity index (χ4v) is 4.64. The van der Waals surface area contributed by atoms with Gasteiger partial charge in [0, 0.05) is 16.6 Å². The molecule has 0 bridgehead atoms. The summed E-state index contributed by atoms with van der Waals surface area (Å²) in [4.78, 5) is 0. The molecular formula is C22H18ClN. The van der Waals surface area contributed by atoms with Crippen molar-refractivity contribution in [2.45, 2.75) is 18.4 Å². The summed E-state index contributed by atoms with van der Waals surface area (Å²) in [6.07, 6.45) is 1.12. The van der Waals surface area contributed by atoms with Crippen molar-refractivity contribution in [2.75, 3.05) is 5.32 Å². The van der Waals surface area contributed by atoms with Crippen LogP contribution in [0.4, 0.5) is 5.69 Å². The minimum Gasteiger partial charge on any atom is -0.378 e. The molecule has 0 radical (unpaired) electrons. The summed E-state index contributed by atoms with van der Waals surface area (Å²) in [5, 5.41) is 4.59. The summed E-state index contributed by atoms with van der Waals surface area (Å²) in [5.41, 5.74) is 6.99. The first-order valence-electron chi connectivity index (χ1n) is 8.50. The quantitative estimate of drug-likeness (QED) is 0.593. The standard InChI is InChI=1S/C22H18ClN/c23-16-11-9-14(10-12-16)22-19-13-15-5-1-2-6-17(15)21(19)18-7-3-4-8-20(18)24-22/h1-12,19,21-22,24H,13H2/t19-,21-,22-/m0/s1. The lowest BCUT2D eigenvalue weighted by Gasteiger charge is -2.38. The second-order valence-electron chi connectivity index (χ2n) is 6.81. The summed E-state index contributed by atoms with van der Waals surface area (Å²) in [5.74, 6) is 1.01. The summed E-state index contributed by atoms with van der Waals surface area (Å²) in [6.45, 7) is 0. The van der Waals surface area contributed by atoms with Gasteiger partial charge in [0.05, 0.1) is 6.04 Å². The summed E-state index contributed by atoms with van der Waals surface area (Å²) in [7, 11) is 0. The fraction of sp³-hybridized carbons (Fsp3) is 0.182. The molecule has 0 fully saturated rings. The number of hydrogen-bond acceptors (Lipinski definition) is 1. The van der Waals surface area contributed by atoms with Gasteiger partial charge < -0.3 is 5.32 Å². The van der Waals surface area contributed by atoms with E-state index in [1.807, 2.05) is 12.1 Å². The van der Waals surface area contributed by atoms with Gasteiger partial charge in [-0.1, -0.05) is 66.2 Å². The van der Waals surface area contributed by atoms with Gasteiger partial charge in [-0.25, -0.2) is 0 Å². The lowest BCUT2D eigenvalue weighted by Crippen LogP contribution is -2.30. The molecule has 24 heavy (non-hydrogen) atoms. The zero-order valence-corrected chi connectivity index (χ0v) is 14.0. The zero-order valence-electron chi connectivity index (χ0n) is 13.2. The first-order valence-corrected chi connectivity index (χ1v) is 8.88. The Balaban J connectivity index is 1.67. The maximum Gasteiger partial charge on any atom is 0.0554 e. The average Bonchev–Trinajstić information content (AvgIpc) is 3.02. The third-order valence-corrected chi connectivity index (χ3v) is 5.79. The van der Waals surface area contributed by atoms with Crippen LogP contribution in [0.25, 0.3) is 0 Å². The first kappa shape index (κ1) is 14.1. The van der Waals surface area contributed by atoms with Crippen LogP contribution in [0, 0.1) is 5.92 Å². The van der Waals surface area contributed by atoms with Gasteiger partial charge in [-0.3, -0.25) is 0 Å². The molecule has 1 nitrogen and oxygen atoms in total. The molecule has 0 unspecified atom stereocenters. The predicted octanol–water partition coefficient (Wildman–Crippen LogP) is 5.81. The van der Waals surface area contributed by atoms with Crippen molar-refractivity contribution < 1.29 is 0 Å². The largest absolute Gasteiger partial charge is 0.378 e. The van der Waals surface area contributed by atoms with E-state index in [4.69, 9.17) is 11.6 Å². The van der Waals surface area contributed by atoms with E-state index in [1.54, 1.807) is 0 Å². The van der Waals surface area contributed by atoms with Crippen molar-refractivity contribution in [2.24, 2.45) is 5.92 Å².